The highest BCUT2D eigenvalue weighted by molar-refractivity contribution is 7.91. The Morgan fingerprint density at radius 1 is 1.00 bits per heavy atom. The molecule has 17 heteroatoms. The first-order valence-electron chi connectivity index (χ1n) is 11.9. The molecule has 0 heterocycles. The molecule has 0 aromatic rings. The molecule has 0 aliphatic rings. The number of carboxylic acids is 2. The maximum Gasteiger partial charge on any atom is 0.346 e. The number of nitrogens with two attached hydrogens (primary N) is 1. The average molecular weight is 574 g/mol. The first-order valence-corrected chi connectivity index (χ1v) is 15.2. The molecule has 0 saturated carbocycles. The summed E-state index contributed by atoms with van der Waals surface area (Å²) < 4.78 is 48.0. The first-order chi connectivity index (χ1) is 17.2. The number of sulfone groups is 1. The Balaban J connectivity index is 5.50. The van der Waals surface area contributed by atoms with Gasteiger partial charge >= 0.3 is 19.6 Å². The fourth-order valence-electron chi connectivity index (χ4n) is 3.27. The second-order valence-corrected chi connectivity index (χ2v) is 12.5. The van der Waals surface area contributed by atoms with E-state index in [1.807, 2.05) is 5.32 Å². The SMILES string of the molecule is CCN(CC)P(=O)(OCCS(=O)(=O)CC(NC(=O)CCC(N)C(=O)O)C(=O)NCC(=O)O)N(CC)CC. The maximum atomic E-state index is 13.6. The molecule has 0 aromatic heterocycles. The number of carbonyl (C=O) groups is 4. The third-order valence-corrected chi connectivity index (χ3v) is 10.0. The Morgan fingerprint density at radius 3 is 1.95 bits per heavy atom. The van der Waals surface area contributed by atoms with Crippen LogP contribution in [0.3, 0.4) is 0 Å². The third kappa shape index (κ3) is 12.3. The Hall–Kier alpha value is -2.10. The van der Waals surface area contributed by atoms with Crippen molar-refractivity contribution in [3.05, 3.63) is 0 Å². The number of carbonyl (C=O) groups excluding carboxylic acids is 2. The zero-order valence-corrected chi connectivity index (χ0v) is 23.4. The number of nitrogens with one attached hydrogen (secondary N) is 2. The van der Waals surface area contributed by atoms with Gasteiger partial charge in [-0.1, -0.05) is 27.7 Å². The zero-order valence-electron chi connectivity index (χ0n) is 21.7. The Kier molecular flexibility index (Phi) is 15.7. The molecule has 2 unspecified atom stereocenters. The van der Waals surface area contributed by atoms with Crippen molar-refractivity contribution in [2.75, 3.05) is 50.8 Å². The third-order valence-electron chi connectivity index (χ3n) is 5.31. The molecule has 0 saturated heterocycles. The molecule has 0 rings (SSSR count). The Morgan fingerprint density at radius 2 is 1.51 bits per heavy atom. The van der Waals surface area contributed by atoms with E-state index >= 15 is 0 Å². The number of carboxylic acid groups (broad SMARTS) is 2. The number of hydrogen-bond acceptors (Lipinski definition) is 9. The lowest BCUT2D eigenvalue weighted by molar-refractivity contribution is -0.139. The molecule has 0 bridgehead atoms. The van der Waals surface area contributed by atoms with E-state index in [2.05, 4.69) is 5.32 Å². The van der Waals surface area contributed by atoms with Gasteiger partial charge in [0.05, 0.1) is 18.1 Å². The van der Waals surface area contributed by atoms with E-state index in [1.54, 1.807) is 37.0 Å². The van der Waals surface area contributed by atoms with E-state index < -0.39 is 84.4 Å². The van der Waals surface area contributed by atoms with Gasteiger partial charge in [-0.3, -0.25) is 23.7 Å². The van der Waals surface area contributed by atoms with Gasteiger partial charge in [0.2, 0.25) is 11.8 Å². The quantitative estimate of drug-likeness (QED) is 0.111. The maximum absolute atomic E-state index is 13.6. The highest BCUT2D eigenvalue weighted by Crippen LogP contribution is 2.53. The number of nitrogens with zero attached hydrogens (tertiary/aromatic N) is 2. The lowest BCUT2D eigenvalue weighted by Gasteiger charge is -2.36. The first kappa shape index (κ1) is 34.9. The molecule has 15 nitrogen and oxygen atoms in total. The molecule has 2 atom stereocenters. The van der Waals surface area contributed by atoms with Crippen LogP contribution in [0.15, 0.2) is 0 Å². The van der Waals surface area contributed by atoms with E-state index in [1.165, 1.54) is 0 Å². The van der Waals surface area contributed by atoms with Crippen molar-refractivity contribution < 1.29 is 46.9 Å². The minimum Gasteiger partial charge on any atom is -0.480 e. The fourth-order valence-corrected chi connectivity index (χ4v) is 7.08. The van der Waals surface area contributed by atoms with E-state index in [0.29, 0.717) is 26.2 Å². The summed E-state index contributed by atoms with van der Waals surface area (Å²) in [5, 5.41) is 21.8. The van der Waals surface area contributed by atoms with Crippen molar-refractivity contribution in [2.24, 2.45) is 5.73 Å². The van der Waals surface area contributed by atoms with Gasteiger partial charge in [-0.2, -0.15) is 0 Å². The highest BCUT2D eigenvalue weighted by atomic mass is 32.2. The van der Waals surface area contributed by atoms with E-state index in [-0.39, 0.29) is 6.42 Å². The summed E-state index contributed by atoms with van der Waals surface area (Å²) in [7, 11) is -7.60. The molecule has 6 N–H and O–H groups in total. The molecule has 216 valence electrons. The van der Waals surface area contributed by atoms with Gasteiger partial charge in [-0.25, -0.2) is 17.8 Å². The van der Waals surface area contributed by atoms with Crippen LogP contribution in [0, 0.1) is 0 Å². The number of aliphatic carboxylic acids is 2. The smallest absolute Gasteiger partial charge is 0.346 e. The standard InChI is InChI=1S/C20H40N5O10PS/c1-5-24(6-2)36(32,25(7-3)8-4)35-11-12-37(33,34)14-16(19(29)22-13-18(27)28)23-17(26)10-9-15(21)20(30)31/h15-16H,5-14,21H2,1-4H3,(H,22,29)(H,23,26)(H,27,28)(H,30,31). The van der Waals surface area contributed by atoms with Crippen molar-refractivity contribution in [1.29, 1.82) is 0 Å². The fraction of sp³-hybridized carbons (Fsp3) is 0.800. The molecule has 0 spiro atoms. The van der Waals surface area contributed by atoms with Crippen LogP contribution < -0.4 is 16.4 Å². The van der Waals surface area contributed by atoms with Crippen LogP contribution in [0.5, 0.6) is 0 Å². The van der Waals surface area contributed by atoms with Crippen LogP contribution in [0.4, 0.5) is 0 Å². The van der Waals surface area contributed by atoms with Crippen molar-refractivity contribution >= 4 is 41.3 Å². The molecule has 0 radical (unpaired) electrons. The minimum atomic E-state index is -4.08. The number of hydrogen-bond donors (Lipinski definition) is 5. The van der Waals surface area contributed by atoms with Gasteiger partial charge in [0, 0.05) is 32.6 Å². The molecular formula is C20H40N5O10PS. The van der Waals surface area contributed by atoms with Gasteiger partial charge in [0.15, 0.2) is 9.84 Å². The highest BCUT2D eigenvalue weighted by Gasteiger charge is 2.36. The molecule has 2 amide bonds. The van der Waals surface area contributed by atoms with Gasteiger partial charge in [0.1, 0.15) is 18.6 Å². The summed E-state index contributed by atoms with van der Waals surface area (Å²) in [6.07, 6.45) is -0.673. The van der Waals surface area contributed by atoms with Crippen molar-refractivity contribution in [3.8, 4) is 0 Å². The molecule has 0 aliphatic heterocycles. The monoisotopic (exact) mass is 573 g/mol. The average Bonchev–Trinajstić information content (AvgIpc) is 2.81. The summed E-state index contributed by atoms with van der Waals surface area (Å²) in [6.45, 7) is 7.55. The normalized spacial score (nSPS) is 13.8. The topological polar surface area (TPSA) is 226 Å². The second-order valence-electron chi connectivity index (χ2n) is 7.93. The predicted molar refractivity (Wildman–Crippen MR) is 135 cm³/mol. The van der Waals surface area contributed by atoms with Gasteiger partial charge < -0.3 is 31.1 Å². The van der Waals surface area contributed by atoms with Crippen LogP contribution in [-0.2, 0) is 38.1 Å². The van der Waals surface area contributed by atoms with Crippen molar-refractivity contribution in [2.45, 2.75) is 52.6 Å². The summed E-state index contributed by atoms with van der Waals surface area (Å²) in [6, 6.07) is -2.99. The molecule has 0 aliphatic carbocycles. The minimum absolute atomic E-state index is 0.267. The van der Waals surface area contributed by atoms with Crippen LogP contribution >= 0.6 is 7.67 Å². The summed E-state index contributed by atoms with van der Waals surface area (Å²) >= 11 is 0. The molecular weight excluding hydrogens is 533 g/mol. The zero-order chi connectivity index (χ0) is 28.8. The van der Waals surface area contributed by atoms with Crippen LogP contribution in [-0.4, -0.2) is 115 Å². The largest absolute Gasteiger partial charge is 0.480 e. The molecule has 37 heavy (non-hydrogen) atoms. The summed E-state index contributed by atoms with van der Waals surface area (Å²) in [5.74, 6) is -6.13. The second kappa shape index (κ2) is 16.7. The lowest BCUT2D eigenvalue weighted by Crippen LogP contribution is -2.51. The van der Waals surface area contributed by atoms with Gasteiger partial charge in [-0.05, 0) is 6.42 Å². The summed E-state index contributed by atoms with van der Waals surface area (Å²) in [4.78, 5) is 46.2. The van der Waals surface area contributed by atoms with Crippen molar-refractivity contribution in [1.82, 2.24) is 20.0 Å². The van der Waals surface area contributed by atoms with E-state index in [9.17, 15) is 32.2 Å². The predicted octanol–water partition coefficient (Wildman–Crippen LogP) is -0.913. The molecule has 0 fully saturated rings. The van der Waals surface area contributed by atoms with E-state index in [4.69, 9.17) is 20.5 Å². The van der Waals surface area contributed by atoms with Gasteiger partial charge in [-0.15, -0.1) is 0 Å². The lowest BCUT2D eigenvalue weighted by atomic mass is 10.1. The van der Waals surface area contributed by atoms with Crippen LogP contribution in [0.2, 0.25) is 0 Å². The van der Waals surface area contributed by atoms with Crippen molar-refractivity contribution in [3.63, 3.8) is 0 Å². The van der Waals surface area contributed by atoms with Gasteiger partial charge in [0.25, 0.3) is 0 Å². The Labute approximate surface area is 217 Å². The van der Waals surface area contributed by atoms with Crippen LogP contribution in [0.25, 0.3) is 0 Å². The number of rotatable bonds is 20. The van der Waals surface area contributed by atoms with Crippen LogP contribution in [0.1, 0.15) is 40.5 Å². The summed E-state index contributed by atoms with van der Waals surface area (Å²) in [5.41, 5.74) is 5.35. The van der Waals surface area contributed by atoms with E-state index in [0.717, 1.165) is 0 Å². The Bertz CT molecular complexity index is 908. The number of amides is 2. The molecule has 0 aromatic carbocycles.